The molecule has 2 aromatic rings. The minimum absolute atomic E-state index is 0.136. The fourth-order valence-corrected chi connectivity index (χ4v) is 2.55. The third-order valence-electron chi connectivity index (χ3n) is 3.97. The Labute approximate surface area is 164 Å². The normalized spacial score (nSPS) is 11.5. The van der Waals surface area contributed by atoms with Gasteiger partial charge in [-0.3, -0.25) is 4.99 Å². The number of hydrogen-bond donors (Lipinski definition) is 2. The van der Waals surface area contributed by atoms with Crippen LogP contribution in [0.25, 0.3) is 0 Å². The van der Waals surface area contributed by atoms with Gasteiger partial charge in [-0.1, -0.05) is 24.3 Å². The standard InChI is InChI=1S/C21H27F2N3O2/c1-3-27-9-10-28-15-17-6-4-5-16(11-17)13-25-21(24-2)26-14-18-12-19(22)7-8-20(18)23/h4-8,11-12H,3,9-10,13-15H2,1-2H3,(H2,24,25,26). The van der Waals surface area contributed by atoms with Gasteiger partial charge in [-0.2, -0.15) is 0 Å². The number of benzene rings is 2. The van der Waals surface area contributed by atoms with E-state index in [4.69, 9.17) is 9.47 Å². The van der Waals surface area contributed by atoms with Crippen molar-refractivity contribution in [2.75, 3.05) is 26.9 Å². The van der Waals surface area contributed by atoms with E-state index in [1.807, 2.05) is 31.2 Å². The van der Waals surface area contributed by atoms with Crippen LogP contribution in [-0.4, -0.2) is 32.8 Å². The summed E-state index contributed by atoms with van der Waals surface area (Å²) >= 11 is 0. The third kappa shape index (κ3) is 7.62. The molecular weight excluding hydrogens is 364 g/mol. The van der Waals surface area contributed by atoms with Crippen molar-refractivity contribution in [2.24, 2.45) is 4.99 Å². The molecular formula is C21H27F2N3O2. The van der Waals surface area contributed by atoms with Crippen LogP contribution >= 0.6 is 0 Å². The highest BCUT2D eigenvalue weighted by Gasteiger charge is 2.05. The number of rotatable bonds is 10. The minimum atomic E-state index is -0.471. The van der Waals surface area contributed by atoms with Crippen LogP contribution < -0.4 is 10.6 Å². The second-order valence-corrected chi connectivity index (χ2v) is 6.08. The SMILES string of the molecule is CCOCCOCc1cccc(CNC(=NC)NCc2cc(F)ccc2F)c1. The number of halogens is 2. The van der Waals surface area contributed by atoms with E-state index in [2.05, 4.69) is 15.6 Å². The van der Waals surface area contributed by atoms with Crippen molar-refractivity contribution in [3.63, 3.8) is 0 Å². The Hall–Kier alpha value is -2.51. The van der Waals surface area contributed by atoms with Crippen molar-refractivity contribution in [1.29, 1.82) is 0 Å². The molecule has 2 aromatic carbocycles. The summed E-state index contributed by atoms with van der Waals surface area (Å²) in [6, 6.07) is 11.4. The van der Waals surface area contributed by atoms with Crippen molar-refractivity contribution >= 4 is 5.96 Å². The Morgan fingerprint density at radius 1 is 0.964 bits per heavy atom. The molecule has 0 saturated carbocycles. The molecule has 0 fully saturated rings. The molecule has 152 valence electrons. The van der Waals surface area contributed by atoms with Gasteiger partial charge in [0.15, 0.2) is 5.96 Å². The first-order chi connectivity index (χ1) is 13.6. The molecule has 5 nitrogen and oxygen atoms in total. The van der Waals surface area contributed by atoms with E-state index >= 15 is 0 Å². The summed E-state index contributed by atoms with van der Waals surface area (Å²) in [6.45, 7) is 4.98. The average Bonchev–Trinajstić information content (AvgIpc) is 2.70. The fraction of sp³-hybridized carbons (Fsp3) is 0.381. The van der Waals surface area contributed by atoms with Crippen LogP contribution in [0.15, 0.2) is 47.5 Å². The van der Waals surface area contributed by atoms with E-state index in [-0.39, 0.29) is 12.1 Å². The highest BCUT2D eigenvalue weighted by Crippen LogP contribution is 2.09. The van der Waals surface area contributed by atoms with E-state index in [0.717, 1.165) is 23.3 Å². The van der Waals surface area contributed by atoms with Crippen LogP contribution in [0.3, 0.4) is 0 Å². The van der Waals surface area contributed by atoms with Gasteiger partial charge < -0.3 is 20.1 Å². The predicted molar refractivity (Wildman–Crippen MR) is 106 cm³/mol. The smallest absolute Gasteiger partial charge is 0.191 e. The number of hydrogen-bond acceptors (Lipinski definition) is 3. The second-order valence-electron chi connectivity index (χ2n) is 6.08. The molecule has 0 amide bonds. The van der Waals surface area contributed by atoms with Crippen molar-refractivity contribution < 1.29 is 18.3 Å². The first-order valence-electron chi connectivity index (χ1n) is 9.24. The van der Waals surface area contributed by atoms with Crippen LogP contribution in [0, 0.1) is 11.6 Å². The van der Waals surface area contributed by atoms with E-state index in [1.54, 1.807) is 7.05 Å². The highest BCUT2D eigenvalue weighted by molar-refractivity contribution is 5.79. The molecule has 0 aromatic heterocycles. The molecule has 0 aliphatic heterocycles. The van der Waals surface area contributed by atoms with Gasteiger partial charge >= 0.3 is 0 Å². The quantitative estimate of drug-likeness (QED) is 0.370. The Bertz CT molecular complexity index is 769. The van der Waals surface area contributed by atoms with Crippen LogP contribution in [-0.2, 0) is 29.2 Å². The van der Waals surface area contributed by atoms with Gasteiger partial charge in [0, 0.05) is 32.3 Å². The third-order valence-corrected chi connectivity index (χ3v) is 3.97. The van der Waals surface area contributed by atoms with E-state index < -0.39 is 11.6 Å². The molecule has 0 spiro atoms. The Morgan fingerprint density at radius 2 is 1.71 bits per heavy atom. The maximum Gasteiger partial charge on any atom is 0.191 e. The summed E-state index contributed by atoms with van der Waals surface area (Å²) in [6.07, 6.45) is 0. The Kier molecular flexibility index (Phi) is 9.37. The van der Waals surface area contributed by atoms with Crippen LogP contribution in [0.2, 0.25) is 0 Å². The molecule has 0 atom stereocenters. The zero-order valence-electron chi connectivity index (χ0n) is 16.3. The second kappa shape index (κ2) is 12.0. The molecule has 28 heavy (non-hydrogen) atoms. The maximum absolute atomic E-state index is 13.7. The summed E-state index contributed by atoms with van der Waals surface area (Å²) in [4.78, 5) is 4.11. The predicted octanol–water partition coefficient (Wildman–Crippen LogP) is 3.38. The highest BCUT2D eigenvalue weighted by atomic mass is 19.1. The van der Waals surface area contributed by atoms with Gasteiger partial charge in [0.1, 0.15) is 11.6 Å². The lowest BCUT2D eigenvalue weighted by Crippen LogP contribution is -2.36. The molecule has 2 rings (SSSR count). The van der Waals surface area contributed by atoms with Crippen molar-refractivity contribution in [1.82, 2.24) is 10.6 Å². The van der Waals surface area contributed by atoms with Crippen molar-refractivity contribution in [2.45, 2.75) is 26.6 Å². The summed E-state index contributed by atoms with van der Waals surface area (Å²) in [5.74, 6) is -0.426. The monoisotopic (exact) mass is 391 g/mol. The minimum Gasteiger partial charge on any atom is -0.379 e. The topological polar surface area (TPSA) is 54.9 Å². The summed E-state index contributed by atoms with van der Waals surface area (Å²) in [5, 5.41) is 6.15. The number of ether oxygens (including phenoxy) is 2. The first-order valence-corrected chi connectivity index (χ1v) is 9.24. The summed E-state index contributed by atoms with van der Waals surface area (Å²) < 4.78 is 37.8. The Balaban J connectivity index is 1.81. The van der Waals surface area contributed by atoms with Gasteiger partial charge in [0.2, 0.25) is 0 Å². The molecule has 7 heteroatoms. The van der Waals surface area contributed by atoms with Crippen LogP contribution in [0.1, 0.15) is 23.6 Å². The van der Waals surface area contributed by atoms with Gasteiger partial charge in [-0.15, -0.1) is 0 Å². The Morgan fingerprint density at radius 3 is 2.50 bits per heavy atom. The molecule has 0 radical (unpaired) electrons. The fourth-order valence-electron chi connectivity index (χ4n) is 2.55. The zero-order chi connectivity index (χ0) is 20.2. The molecule has 2 N–H and O–H groups in total. The molecule has 0 aliphatic rings. The van der Waals surface area contributed by atoms with Gasteiger partial charge in [-0.05, 0) is 36.2 Å². The van der Waals surface area contributed by atoms with E-state index in [0.29, 0.717) is 38.9 Å². The number of nitrogens with zero attached hydrogens (tertiary/aromatic N) is 1. The lowest BCUT2D eigenvalue weighted by Gasteiger charge is -2.13. The molecule has 0 unspecified atom stereocenters. The average molecular weight is 391 g/mol. The van der Waals surface area contributed by atoms with Crippen LogP contribution in [0.4, 0.5) is 8.78 Å². The molecule has 0 saturated heterocycles. The lowest BCUT2D eigenvalue weighted by atomic mass is 10.1. The van der Waals surface area contributed by atoms with Crippen LogP contribution in [0.5, 0.6) is 0 Å². The van der Waals surface area contributed by atoms with E-state index in [9.17, 15) is 8.78 Å². The zero-order valence-corrected chi connectivity index (χ0v) is 16.3. The first kappa shape index (κ1) is 21.8. The van der Waals surface area contributed by atoms with Gasteiger partial charge in [0.05, 0.1) is 19.8 Å². The molecule has 0 bridgehead atoms. The number of aliphatic imine (C=N–C) groups is 1. The molecule has 0 heterocycles. The van der Waals surface area contributed by atoms with Crippen molar-refractivity contribution in [3.05, 3.63) is 70.8 Å². The number of guanidine groups is 1. The largest absolute Gasteiger partial charge is 0.379 e. The van der Waals surface area contributed by atoms with Crippen molar-refractivity contribution in [3.8, 4) is 0 Å². The van der Waals surface area contributed by atoms with Gasteiger partial charge in [-0.25, -0.2) is 8.78 Å². The summed E-state index contributed by atoms with van der Waals surface area (Å²) in [5.41, 5.74) is 2.38. The van der Waals surface area contributed by atoms with Gasteiger partial charge in [0.25, 0.3) is 0 Å². The molecule has 0 aliphatic carbocycles. The van der Waals surface area contributed by atoms with E-state index in [1.165, 1.54) is 6.07 Å². The lowest BCUT2D eigenvalue weighted by molar-refractivity contribution is 0.0453. The summed E-state index contributed by atoms with van der Waals surface area (Å²) in [7, 11) is 1.62. The maximum atomic E-state index is 13.7. The number of nitrogens with one attached hydrogen (secondary N) is 2.